The molecule has 0 aliphatic rings. The van der Waals surface area contributed by atoms with Crippen molar-refractivity contribution < 1.29 is 0 Å². The predicted octanol–water partition coefficient (Wildman–Crippen LogP) is 3.37. The molecule has 0 spiro atoms. The summed E-state index contributed by atoms with van der Waals surface area (Å²) in [6.07, 6.45) is 2.13. The average Bonchev–Trinajstić information content (AvgIpc) is 2.41. The number of nitrogens with zero attached hydrogens (tertiary/aromatic N) is 2. The molecule has 1 unspecified atom stereocenters. The summed E-state index contributed by atoms with van der Waals surface area (Å²) in [5.41, 5.74) is 2.59. The van der Waals surface area contributed by atoms with Gasteiger partial charge in [-0.15, -0.1) is 24.0 Å². The maximum atomic E-state index is 4.33. The number of nitrogens with one attached hydrogen (secondary N) is 1. The Bertz CT molecular complexity index is 406. The smallest absolute Gasteiger partial charge is 0.193 e. The fourth-order valence-corrected chi connectivity index (χ4v) is 2.00. The standard InChI is InChI=1S/C15H25N3S.HI/c1-12-6-8-14(9-7-12)11-18(4)15(16-3)17-10-13(2)19-5;/h6-9,13H,10-11H2,1-5H3,(H,16,17);1H. The van der Waals surface area contributed by atoms with Crippen LogP contribution in [0.3, 0.4) is 0 Å². The van der Waals surface area contributed by atoms with Crippen LogP contribution in [0.1, 0.15) is 18.1 Å². The van der Waals surface area contributed by atoms with Crippen LogP contribution < -0.4 is 5.32 Å². The molecule has 0 aliphatic carbocycles. The molecule has 3 nitrogen and oxygen atoms in total. The third kappa shape index (κ3) is 6.83. The first-order valence-electron chi connectivity index (χ1n) is 6.57. The first kappa shape index (κ1) is 19.6. The van der Waals surface area contributed by atoms with E-state index in [1.54, 1.807) is 0 Å². The summed E-state index contributed by atoms with van der Waals surface area (Å²) in [7, 11) is 3.90. The molecule has 1 atom stereocenters. The highest BCUT2D eigenvalue weighted by molar-refractivity contribution is 14.0. The van der Waals surface area contributed by atoms with E-state index in [4.69, 9.17) is 0 Å². The summed E-state index contributed by atoms with van der Waals surface area (Å²) in [5.74, 6) is 0.946. The van der Waals surface area contributed by atoms with Crippen molar-refractivity contribution in [3.63, 3.8) is 0 Å². The molecular weight excluding hydrogens is 381 g/mol. The number of aryl methyl sites for hydroxylation is 1. The Labute approximate surface area is 144 Å². The monoisotopic (exact) mass is 407 g/mol. The van der Waals surface area contributed by atoms with Gasteiger partial charge in [0.05, 0.1) is 0 Å². The first-order valence-corrected chi connectivity index (χ1v) is 7.85. The van der Waals surface area contributed by atoms with E-state index in [9.17, 15) is 0 Å². The van der Waals surface area contributed by atoms with Gasteiger partial charge in [-0.3, -0.25) is 4.99 Å². The number of benzene rings is 1. The fourth-order valence-electron chi connectivity index (χ4n) is 1.75. The van der Waals surface area contributed by atoms with E-state index < -0.39 is 0 Å². The summed E-state index contributed by atoms with van der Waals surface area (Å²) >= 11 is 1.86. The van der Waals surface area contributed by atoms with E-state index in [0.29, 0.717) is 5.25 Å². The van der Waals surface area contributed by atoms with Crippen LogP contribution in [0.15, 0.2) is 29.3 Å². The maximum absolute atomic E-state index is 4.33. The van der Waals surface area contributed by atoms with Crippen LogP contribution in [0.4, 0.5) is 0 Å². The van der Waals surface area contributed by atoms with Crippen molar-refractivity contribution in [3.05, 3.63) is 35.4 Å². The maximum Gasteiger partial charge on any atom is 0.193 e. The third-order valence-electron chi connectivity index (χ3n) is 3.06. The number of aliphatic imine (C=N–C) groups is 1. The lowest BCUT2D eigenvalue weighted by Gasteiger charge is -2.23. The van der Waals surface area contributed by atoms with Crippen molar-refractivity contribution in [3.8, 4) is 0 Å². The van der Waals surface area contributed by atoms with Gasteiger partial charge in [0.25, 0.3) is 0 Å². The van der Waals surface area contributed by atoms with Gasteiger partial charge in [0.2, 0.25) is 0 Å². The number of guanidine groups is 1. The van der Waals surface area contributed by atoms with Gasteiger partial charge in [0.15, 0.2) is 5.96 Å². The molecule has 0 amide bonds. The van der Waals surface area contributed by atoms with Crippen LogP contribution >= 0.6 is 35.7 Å². The second kappa shape index (κ2) is 10.3. The highest BCUT2D eigenvalue weighted by Crippen LogP contribution is 2.07. The van der Waals surface area contributed by atoms with Gasteiger partial charge in [-0.25, -0.2) is 0 Å². The third-order valence-corrected chi connectivity index (χ3v) is 4.04. The van der Waals surface area contributed by atoms with Crippen molar-refractivity contribution in [2.75, 3.05) is 26.9 Å². The molecule has 1 aromatic carbocycles. The normalized spacial score (nSPS) is 12.6. The van der Waals surface area contributed by atoms with E-state index in [2.05, 4.69) is 66.6 Å². The van der Waals surface area contributed by atoms with Crippen LogP contribution in [0, 0.1) is 6.92 Å². The quantitative estimate of drug-likeness (QED) is 0.461. The molecule has 1 rings (SSSR count). The molecule has 5 heteroatoms. The lowest BCUT2D eigenvalue weighted by Crippen LogP contribution is -2.40. The SMILES string of the molecule is CN=C(NCC(C)SC)N(C)Cc1ccc(C)cc1.I. The first-order chi connectivity index (χ1) is 9.06. The molecule has 0 radical (unpaired) electrons. The minimum absolute atomic E-state index is 0. The summed E-state index contributed by atoms with van der Waals surface area (Å²) in [6, 6.07) is 8.64. The molecule has 0 bridgehead atoms. The molecule has 0 saturated carbocycles. The minimum atomic E-state index is 0. The van der Waals surface area contributed by atoms with Gasteiger partial charge in [-0.2, -0.15) is 11.8 Å². The van der Waals surface area contributed by atoms with Crippen LogP contribution in [0.2, 0.25) is 0 Å². The zero-order valence-electron chi connectivity index (χ0n) is 13.0. The Morgan fingerprint density at radius 3 is 2.45 bits per heavy atom. The summed E-state index contributed by atoms with van der Waals surface area (Å²) in [4.78, 5) is 6.48. The lowest BCUT2D eigenvalue weighted by atomic mass is 10.1. The fraction of sp³-hybridized carbons (Fsp3) is 0.533. The highest BCUT2D eigenvalue weighted by atomic mass is 127. The van der Waals surface area contributed by atoms with E-state index in [0.717, 1.165) is 19.0 Å². The second-order valence-electron chi connectivity index (χ2n) is 4.82. The zero-order valence-corrected chi connectivity index (χ0v) is 16.2. The predicted molar refractivity (Wildman–Crippen MR) is 102 cm³/mol. The largest absolute Gasteiger partial charge is 0.355 e. The van der Waals surface area contributed by atoms with Crippen molar-refractivity contribution in [2.24, 2.45) is 4.99 Å². The van der Waals surface area contributed by atoms with Crippen molar-refractivity contribution in [2.45, 2.75) is 25.6 Å². The molecule has 20 heavy (non-hydrogen) atoms. The van der Waals surface area contributed by atoms with Gasteiger partial charge < -0.3 is 10.2 Å². The number of hydrogen-bond acceptors (Lipinski definition) is 2. The summed E-state index contributed by atoms with van der Waals surface area (Å²) in [5, 5.41) is 3.99. The van der Waals surface area contributed by atoms with Crippen molar-refractivity contribution in [1.29, 1.82) is 0 Å². The van der Waals surface area contributed by atoms with Crippen LogP contribution in [0.25, 0.3) is 0 Å². The Balaban J connectivity index is 0.00000361. The molecule has 0 aliphatic heterocycles. The van der Waals surface area contributed by atoms with Crippen molar-refractivity contribution in [1.82, 2.24) is 10.2 Å². The second-order valence-corrected chi connectivity index (χ2v) is 6.09. The number of hydrogen-bond donors (Lipinski definition) is 1. The Kier molecular flexibility index (Phi) is 10.1. The molecule has 1 N–H and O–H groups in total. The lowest BCUT2D eigenvalue weighted by molar-refractivity contribution is 0.477. The van der Waals surface area contributed by atoms with E-state index >= 15 is 0 Å². The van der Waals surface area contributed by atoms with Gasteiger partial charge in [0, 0.05) is 32.4 Å². The van der Waals surface area contributed by atoms with Gasteiger partial charge in [0.1, 0.15) is 0 Å². The Morgan fingerprint density at radius 1 is 1.35 bits per heavy atom. The van der Waals surface area contributed by atoms with Gasteiger partial charge in [-0.1, -0.05) is 36.8 Å². The number of rotatable bonds is 5. The number of thioether (sulfide) groups is 1. The molecule has 0 aromatic heterocycles. The molecular formula is C15H26IN3S. The molecule has 1 aromatic rings. The Morgan fingerprint density at radius 2 is 1.95 bits per heavy atom. The summed E-state index contributed by atoms with van der Waals surface area (Å²) < 4.78 is 0. The van der Waals surface area contributed by atoms with Gasteiger partial charge in [-0.05, 0) is 18.7 Å². The molecule has 0 fully saturated rings. The minimum Gasteiger partial charge on any atom is -0.355 e. The molecule has 114 valence electrons. The summed E-state index contributed by atoms with van der Waals surface area (Å²) in [6.45, 7) is 6.13. The van der Waals surface area contributed by atoms with Crippen LogP contribution in [0.5, 0.6) is 0 Å². The van der Waals surface area contributed by atoms with Crippen molar-refractivity contribution >= 4 is 41.7 Å². The van der Waals surface area contributed by atoms with E-state index in [-0.39, 0.29) is 24.0 Å². The zero-order chi connectivity index (χ0) is 14.3. The molecule has 0 saturated heterocycles. The molecule has 0 heterocycles. The highest BCUT2D eigenvalue weighted by Gasteiger charge is 2.07. The average molecular weight is 407 g/mol. The Hall–Kier alpha value is -0.430. The van der Waals surface area contributed by atoms with E-state index in [1.807, 2.05) is 18.8 Å². The topological polar surface area (TPSA) is 27.6 Å². The van der Waals surface area contributed by atoms with E-state index in [1.165, 1.54) is 11.1 Å². The number of halogens is 1. The van der Waals surface area contributed by atoms with Crippen LogP contribution in [-0.2, 0) is 6.54 Å². The van der Waals surface area contributed by atoms with Crippen LogP contribution in [-0.4, -0.2) is 43.0 Å². The van der Waals surface area contributed by atoms with Gasteiger partial charge >= 0.3 is 0 Å².